The molecule has 1 atom stereocenters. The molecule has 2 heterocycles. The van der Waals surface area contributed by atoms with Gasteiger partial charge in [-0.15, -0.1) is 0 Å². The Bertz CT molecular complexity index is 3140. The predicted octanol–water partition coefficient (Wildman–Crippen LogP) is 11.9. The van der Waals surface area contributed by atoms with Crippen molar-refractivity contribution in [1.29, 1.82) is 0 Å². The number of para-hydroxylation sites is 2. The Labute approximate surface area is 329 Å². The molecule has 0 fully saturated rings. The molecule has 0 saturated heterocycles. The van der Waals surface area contributed by atoms with Crippen molar-refractivity contribution in [2.24, 2.45) is 15.7 Å². The maximum absolute atomic E-state index is 6.86. The predicted molar refractivity (Wildman–Crippen MR) is 232 cm³/mol. The van der Waals surface area contributed by atoms with E-state index in [2.05, 4.69) is 151 Å². The quantitative estimate of drug-likeness (QED) is 0.140. The van der Waals surface area contributed by atoms with Gasteiger partial charge in [0.2, 0.25) is 5.96 Å². The molecule has 0 saturated carbocycles. The van der Waals surface area contributed by atoms with E-state index in [-0.39, 0.29) is 6.04 Å². The lowest BCUT2D eigenvalue weighted by Gasteiger charge is -2.30. The first-order chi connectivity index (χ1) is 28.1. The number of nitrogens with one attached hydrogen (secondary N) is 1. The lowest BCUT2D eigenvalue weighted by molar-refractivity contribution is 0.667. The number of amidine groups is 1. The second-order valence-electron chi connectivity index (χ2n) is 15.1. The van der Waals surface area contributed by atoms with Gasteiger partial charge in [-0.2, -0.15) is 4.99 Å². The molecule has 1 unspecified atom stereocenters. The molecule has 2 aliphatic carbocycles. The number of rotatable bonds is 3. The molecule has 3 N–H and O–H groups in total. The molecule has 9 aromatic rings. The van der Waals surface area contributed by atoms with Gasteiger partial charge in [0.05, 0.1) is 5.41 Å². The minimum Gasteiger partial charge on any atom is -0.456 e. The van der Waals surface area contributed by atoms with Crippen molar-refractivity contribution in [2.45, 2.75) is 11.5 Å². The average Bonchev–Trinajstić information content (AvgIpc) is 3.90. The number of fused-ring (bicyclic) bond motifs is 14. The van der Waals surface area contributed by atoms with E-state index >= 15 is 0 Å². The molecule has 5 heteroatoms. The topological polar surface area (TPSA) is 75.9 Å². The van der Waals surface area contributed by atoms with Crippen LogP contribution in [-0.2, 0) is 5.41 Å². The van der Waals surface area contributed by atoms with Crippen LogP contribution in [0, 0.1) is 0 Å². The van der Waals surface area contributed by atoms with Crippen LogP contribution in [0.5, 0.6) is 0 Å². The average molecular weight is 731 g/mol. The highest BCUT2D eigenvalue weighted by Crippen LogP contribution is 2.63. The zero-order chi connectivity index (χ0) is 37.7. The number of guanidine groups is 1. The monoisotopic (exact) mass is 730 g/mol. The Balaban J connectivity index is 0.939. The molecular weight excluding hydrogens is 697 g/mol. The number of nitrogens with zero attached hydrogens (tertiary/aromatic N) is 2. The summed E-state index contributed by atoms with van der Waals surface area (Å²) in [6.45, 7) is 0. The zero-order valence-corrected chi connectivity index (χ0v) is 30.8. The maximum atomic E-state index is 6.86. The van der Waals surface area contributed by atoms with Gasteiger partial charge in [0.25, 0.3) is 0 Å². The first kappa shape index (κ1) is 31.8. The van der Waals surface area contributed by atoms with Gasteiger partial charge in [-0.3, -0.25) is 0 Å². The van der Waals surface area contributed by atoms with Crippen molar-refractivity contribution < 1.29 is 4.42 Å². The molecule has 57 heavy (non-hydrogen) atoms. The number of furan rings is 1. The van der Waals surface area contributed by atoms with Crippen LogP contribution >= 0.6 is 0 Å². The third kappa shape index (κ3) is 4.57. The van der Waals surface area contributed by atoms with Gasteiger partial charge in [-0.05, 0) is 91.5 Å². The van der Waals surface area contributed by atoms with E-state index in [0.717, 1.165) is 55.4 Å². The van der Waals surface area contributed by atoms with Crippen LogP contribution in [0.4, 0.5) is 5.69 Å². The van der Waals surface area contributed by atoms with E-state index < -0.39 is 5.41 Å². The molecule has 5 nitrogen and oxygen atoms in total. The third-order valence-corrected chi connectivity index (χ3v) is 12.2. The summed E-state index contributed by atoms with van der Waals surface area (Å²) in [7, 11) is 0. The first-order valence-electron chi connectivity index (χ1n) is 19.4. The summed E-state index contributed by atoms with van der Waals surface area (Å²) in [6.07, 6.45) is 0. The summed E-state index contributed by atoms with van der Waals surface area (Å²) in [5, 5.41) is 5.63. The van der Waals surface area contributed by atoms with E-state index in [1.807, 2.05) is 36.4 Å². The molecule has 0 amide bonds. The second-order valence-corrected chi connectivity index (χ2v) is 15.1. The molecule has 3 aliphatic rings. The molecular formula is C52H34N4O. The minimum atomic E-state index is -0.403. The molecule has 1 aliphatic heterocycles. The van der Waals surface area contributed by atoms with Gasteiger partial charge in [0, 0.05) is 27.6 Å². The van der Waals surface area contributed by atoms with Crippen LogP contribution in [0.25, 0.3) is 55.3 Å². The highest BCUT2D eigenvalue weighted by atomic mass is 16.3. The highest BCUT2D eigenvalue weighted by molar-refractivity contribution is 6.10. The van der Waals surface area contributed by atoms with Crippen LogP contribution in [0.15, 0.2) is 196 Å². The van der Waals surface area contributed by atoms with E-state index in [4.69, 9.17) is 20.1 Å². The van der Waals surface area contributed by atoms with Gasteiger partial charge in [0.1, 0.15) is 23.0 Å². The summed E-state index contributed by atoms with van der Waals surface area (Å²) in [6, 6.07) is 64.5. The van der Waals surface area contributed by atoms with Crippen LogP contribution in [-0.4, -0.2) is 11.8 Å². The normalized spacial score (nSPS) is 15.8. The molecule has 1 aromatic heterocycles. The van der Waals surface area contributed by atoms with E-state index in [9.17, 15) is 0 Å². The largest absolute Gasteiger partial charge is 0.456 e. The van der Waals surface area contributed by atoms with Gasteiger partial charge < -0.3 is 15.5 Å². The number of nitrogens with two attached hydrogens (primary N) is 1. The summed E-state index contributed by atoms with van der Waals surface area (Å²) in [5.74, 6) is 0.847. The van der Waals surface area contributed by atoms with Gasteiger partial charge in [-0.1, -0.05) is 152 Å². The number of benzene rings is 8. The third-order valence-electron chi connectivity index (χ3n) is 12.2. The summed E-state index contributed by atoms with van der Waals surface area (Å²) in [5.41, 5.74) is 24.7. The van der Waals surface area contributed by atoms with Crippen LogP contribution < -0.4 is 11.1 Å². The van der Waals surface area contributed by atoms with Crippen molar-refractivity contribution in [3.8, 4) is 33.4 Å². The Morgan fingerprint density at radius 3 is 1.95 bits per heavy atom. The SMILES string of the molecule is N/C(=N\C1=NC(c2ccc3c(c2)oc2ccccc23)c2ccccc2N1)c1cccc(-c2ccc3c(c2)C2(c4ccccc4-c4ccccc42)c2ccccc2-3)c1. The molecule has 268 valence electrons. The standard InChI is InChI=1S/C52H34N4O/c53-50(56-51-54-46-22-9-4-18-41(46)49(55-51)33-25-27-40-39-17-5-10-23-47(39)57-48(40)30-33)34-13-11-12-31(28-34)32-24-26-38-37-16-3-8-21-44(37)52(45(38)29-32)42-19-6-1-14-35(42)36-15-2-7-20-43(36)52/h1-30,49H,(H3,53,54,55,56). The van der Waals surface area contributed by atoms with E-state index in [0.29, 0.717) is 11.8 Å². The lowest BCUT2D eigenvalue weighted by Crippen LogP contribution is -2.25. The Morgan fingerprint density at radius 1 is 0.544 bits per heavy atom. The fourth-order valence-electron chi connectivity index (χ4n) is 9.73. The first-order valence-corrected chi connectivity index (χ1v) is 19.4. The Morgan fingerprint density at radius 2 is 1.18 bits per heavy atom. The van der Waals surface area contributed by atoms with Gasteiger partial charge in [-0.25, -0.2) is 4.99 Å². The summed E-state index contributed by atoms with van der Waals surface area (Å²) >= 11 is 0. The molecule has 8 aromatic carbocycles. The van der Waals surface area contributed by atoms with Crippen molar-refractivity contribution in [1.82, 2.24) is 0 Å². The van der Waals surface area contributed by atoms with Crippen molar-refractivity contribution in [2.75, 3.05) is 5.32 Å². The van der Waals surface area contributed by atoms with Crippen molar-refractivity contribution >= 4 is 39.4 Å². The molecule has 1 spiro atoms. The number of hydrogen-bond acceptors (Lipinski definition) is 4. The Kier molecular flexibility index (Phi) is 6.70. The van der Waals surface area contributed by atoms with Crippen LogP contribution in [0.2, 0.25) is 0 Å². The lowest BCUT2D eigenvalue weighted by atomic mass is 9.70. The molecule has 12 rings (SSSR count). The van der Waals surface area contributed by atoms with Gasteiger partial charge >= 0.3 is 0 Å². The zero-order valence-electron chi connectivity index (χ0n) is 30.8. The smallest absolute Gasteiger partial charge is 0.225 e. The Hall–Kier alpha value is -7.50. The van der Waals surface area contributed by atoms with E-state index in [1.54, 1.807) is 0 Å². The fraction of sp³-hybridized carbons (Fsp3) is 0.0385. The number of hydrogen-bond donors (Lipinski definition) is 2. The number of aliphatic imine (C=N–C) groups is 2. The second kappa shape index (κ2) is 12.0. The molecule has 0 bridgehead atoms. The summed E-state index contributed by atoms with van der Waals surface area (Å²) in [4.78, 5) is 10.0. The summed E-state index contributed by atoms with van der Waals surface area (Å²) < 4.78 is 6.26. The van der Waals surface area contributed by atoms with Gasteiger partial charge in [0.15, 0.2) is 0 Å². The number of anilines is 1. The maximum Gasteiger partial charge on any atom is 0.225 e. The van der Waals surface area contributed by atoms with E-state index in [1.165, 1.54) is 44.5 Å². The molecule has 0 radical (unpaired) electrons. The van der Waals surface area contributed by atoms with Crippen LogP contribution in [0.3, 0.4) is 0 Å². The highest BCUT2D eigenvalue weighted by Gasteiger charge is 2.51. The van der Waals surface area contributed by atoms with Crippen molar-refractivity contribution in [3.05, 3.63) is 221 Å². The fourth-order valence-corrected chi connectivity index (χ4v) is 9.73. The van der Waals surface area contributed by atoms with Crippen LogP contribution in [0.1, 0.15) is 45.0 Å². The minimum absolute atomic E-state index is 0.286. The van der Waals surface area contributed by atoms with Crippen molar-refractivity contribution in [3.63, 3.8) is 0 Å².